The van der Waals surface area contributed by atoms with E-state index in [1.807, 2.05) is 24.2 Å². The van der Waals surface area contributed by atoms with Crippen LogP contribution in [0.4, 0.5) is 5.69 Å². The van der Waals surface area contributed by atoms with E-state index >= 15 is 0 Å². The van der Waals surface area contributed by atoms with Crippen molar-refractivity contribution in [3.8, 4) is 0 Å². The summed E-state index contributed by atoms with van der Waals surface area (Å²) in [5.41, 5.74) is 2.49. The molecule has 1 aromatic carbocycles. The van der Waals surface area contributed by atoms with Gasteiger partial charge in [0.15, 0.2) is 0 Å². The van der Waals surface area contributed by atoms with Crippen molar-refractivity contribution >= 4 is 17.4 Å². The van der Waals surface area contributed by atoms with Gasteiger partial charge in [0.05, 0.1) is 0 Å². The molecule has 0 aliphatic heterocycles. The summed E-state index contributed by atoms with van der Waals surface area (Å²) >= 11 is 1.87. The van der Waals surface area contributed by atoms with Gasteiger partial charge in [0.1, 0.15) is 0 Å². The highest BCUT2D eigenvalue weighted by atomic mass is 32.2. The molecule has 1 heterocycles. The molecule has 0 unspecified atom stereocenters. The molecule has 0 fully saturated rings. The van der Waals surface area contributed by atoms with Crippen LogP contribution in [-0.4, -0.2) is 10.7 Å². The van der Waals surface area contributed by atoms with E-state index in [0.29, 0.717) is 0 Å². The molecule has 0 aliphatic rings. The predicted molar refractivity (Wildman–Crippen MR) is 71.0 cm³/mol. The van der Waals surface area contributed by atoms with Gasteiger partial charge >= 0.3 is 0 Å². The largest absolute Gasteiger partial charge is 0.380 e. The van der Waals surface area contributed by atoms with Crippen molar-refractivity contribution in [3.63, 3.8) is 0 Å². The average Bonchev–Trinajstić information content (AvgIpc) is 2.81. The van der Waals surface area contributed by atoms with Crippen LogP contribution in [0.2, 0.25) is 0 Å². The first kappa shape index (κ1) is 11.1. The Hall–Kier alpha value is -1.35. The molecule has 1 aromatic heterocycles. The van der Waals surface area contributed by atoms with Crippen LogP contribution in [0.1, 0.15) is 12.5 Å². The second-order valence-electron chi connectivity index (χ2n) is 3.50. The molecule has 2 N–H and O–H groups in total. The molecule has 0 atom stereocenters. The van der Waals surface area contributed by atoms with E-state index in [2.05, 4.69) is 47.6 Å². The predicted octanol–water partition coefficient (Wildman–Crippen LogP) is 3.74. The van der Waals surface area contributed by atoms with Gasteiger partial charge in [0, 0.05) is 29.5 Å². The van der Waals surface area contributed by atoms with Crippen LogP contribution in [0, 0.1) is 0 Å². The lowest BCUT2D eigenvalue weighted by molar-refractivity contribution is 1.13. The summed E-state index contributed by atoms with van der Waals surface area (Å²) in [6, 6.07) is 10.5. The maximum absolute atomic E-state index is 3.46. The van der Waals surface area contributed by atoms with Crippen molar-refractivity contribution < 1.29 is 0 Å². The average molecular weight is 232 g/mol. The van der Waals surface area contributed by atoms with Crippen LogP contribution in [0.5, 0.6) is 0 Å². The van der Waals surface area contributed by atoms with Crippen molar-refractivity contribution in [2.24, 2.45) is 0 Å². The Morgan fingerprint density at radius 1 is 1.25 bits per heavy atom. The van der Waals surface area contributed by atoms with Gasteiger partial charge in [0.25, 0.3) is 0 Å². The quantitative estimate of drug-likeness (QED) is 0.769. The van der Waals surface area contributed by atoms with Crippen molar-refractivity contribution in [1.82, 2.24) is 4.98 Å². The Morgan fingerprint density at radius 2 is 2.12 bits per heavy atom. The number of rotatable bonds is 5. The van der Waals surface area contributed by atoms with Crippen LogP contribution in [-0.2, 0) is 6.54 Å². The third-order valence-electron chi connectivity index (χ3n) is 2.33. The standard InChI is InChI=1S/C13H16N2S/c1-2-16-13-6-4-3-5-12(13)15-10-11-7-8-14-9-11/h3-9,14-15H,2,10H2,1H3. The number of aromatic amines is 1. The van der Waals surface area contributed by atoms with Gasteiger partial charge in [-0.05, 0) is 29.5 Å². The molecule has 0 spiro atoms. The van der Waals surface area contributed by atoms with E-state index in [1.165, 1.54) is 16.1 Å². The van der Waals surface area contributed by atoms with Gasteiger partial charge in [-0.25, -0.2) is 0 Å². The molecule has 0 radical (unpaired) electrons. The van der Waals surface area contributed by atoms with E-state index in [4.69, 9.17) is 0 Å². The Bertz CT molecular complexity index is 423. The zero-order valence-corrected chi connectivity index (χ0v) is 10.2. The van der Waals surface area contributed by atoms with E-state index in [-0.39, 0.29) is 0 Å². The zero-order valence-electron chi connectivity index (χ0n) is 9.36. The smallest absolute Gasteiger partial charge is 0.0481 e. The highest BCUT2D eigenvalue weighted by Crippen LogP contribution is 2.26. The monoisotopic (exact) mass is 232 g/mol. The Labute approximate surface area is 100 Å². The van der Waals surface area contributed by atoms with Crippen LogP contribution in [0.15, 0.2) is 47.6 Å². The minimum absolute atomic E-state index is 0.866. The number of aromatic nitrogens is 1. The summed E-state index contributed by atoms with van der Waals surface area (Å²) in [5.74, 6) is 1.10. The lowest BCUT2D eigenvalue weighted by atomic mass is 10.3. The molecule has 2 rings (SSSR count). The molecule has 0 aliphatic carbocycles. The highest BCUT2D eigenvalue weighted by Gasteiger charge is 2.00. The van der Waals surface area contributed by atoms with Gasteiger partial charge in [-0.3, -0.25) is 0 Å². The molecule has 2 aromatic rings. The summed E-state index contributed by atoms with van der Waals surface area (Å²) in [6.45, 7) is 3.04. The third kappa shape index (κ3) is 2.83. The molecular weight excluding hydrogens is 216 g/mol. The molecular formula is C13H16N2S. The summed E-state index contributed by atoms with van der Waals surface area (Å²) in [5, 5.41) is 3.46. The van der Waals surface area contributed by atoms with Crippen molar-refractivity contribution in [3.05, 3.63) is 48.3 Å². The van der Waals surface area contributed by atoms with Crippen LogP contribution in [0.3, 0.4) is 0 Å². The minimum atomic E-state index is 0.866. The fourth-order valence-electron chi connectivity index (χ4n) is 1.56. The minimum Gasteiger partial charge on any atom is -0.380 e. The van der Waals surface area contributed by atoms with Gasteiger partial charge in [-0.15, -0.1) is 11.8 Å². The first-order chi connectivity index (χ1) is 7.90. The number of benzene rings is 1. The molecule has 2 nitrogen and oxygen atoms in total. The number of H-pyrrole nitrogens is 1. The molecule has 0 amide bonds. The summed E-state index contributed by atoms with van der Waals surface area (Å²) in [6.07, 6.45) is 3.96. The fraction of sp³-hybridized carbons (Fsp3) is 0.231. The molecule has 0 saturated heterocycles. The van der Waals surface area contributed by atoms with Crippen molar-refractivity contribution in [2.45, 2.75) is 18.4 Å². The van der Waals surface area contributed by atoms with Gasteiger partial charge in [0.2, 0.25) is 0 Å². The number of thioether (sulfide) groups is 1. The lowest BCUT2D eigenvalue weighted by Crippen LogP contribution is -1.99. The Balaban J connectivity index is 2.03. The SMILES string of the molecule is CCSc1ccccc1NCc1cc[nH]c1. The molecule has 16 heavy (non-hydrogen) atoms. The van der Waals surface area contributed by atoms with Gasteiger partial charge in [-0.1, -0.05) is 19.1 Å². The number of hydrogen-bond acceptors (Lipinski definition) is 2. The molecule has 0 saturated carbocycles. The van der Waals surface area contributed by atoms with E-state index in [0.717, 1.165) is 12.3 Å². The maximum atomic E-state index is 3.46. The first-order valence-electron chi connectivity index (χ1n) is 5.47. The third-order valence-corrected chi connectivity index (χ3v) is 3.29. The first-order valence-corrected chi connectivity index (χ1v) is 6.46. The van der Waals surface area contributed by atoms with Gasteiger partial charge in [-0.2, -0.15) is 0 Å². The second kappa shape index (κ2) is 5.66. The van der Waals surface area contributed by atoms with Crippen molar-refractivity contribution in [1.29, 1.82) is 0 Å². The van der Waals surface area contributed by atoms with E-state index in [1.54, 1.807) is 0 Å². The second-order valence-corrected chi connectivity index (χ2v) is 4.81. The normalized spacial score (nSPS) is 10.3. The molecule has 3 heteroatoms. The maximum Gasteiger partial charge on any atom is 0.0481 e. The summed E-state index contributed by atoms with van der Waals surface area (Å²) < 4.78 is 0. The molecule has 0 bridgehead atoms. The van der Waals surface area contributed by atoms with Crippen LogP contribution >= 0.6 is 11.8 Å². The van der Waals surface area contributed by atoms with Gasteiger partial charge < -0.3 is 10.3 Å². The van der Waals surface area contributed by atoms with Crippen LogP contribution in [0.25, 0.3) is 0 Å². The van der Waals surface area contributed by atoms with E-state index in [9.17, 15) is 0 Å². The lowest BCUT2D eigenvalue weighted by Gasteiger charge is -2.10. The van der Waals surface area contributed by atoms with Crippen molar-refractivity contribution in [2.75, 3.05) is 11.1 Å². The summed E-state index contributed by atoms with van der Waals surface area (Å²) in [7, 11) is 0. The Morgan fingerprint density at radius 3 is 2.88 bits per heavy atom. The van der Waals surface area contributed by atoms with Crippen LogP contribution < -0.4 is 5.32 Å². The number of para-hydroxylation sites is 1. The highest BCUT2D eigenvalue weighted by molar-refractivity contribution is 7.99. The Kier molecular flexibility index (Phi) is 3.94. The van der Waals surface area contributed by atoms with E-state index < -0.39 is 0 Å². The zero-order chi connectivity index (χ0) is 11.2. The topological polar surface area (TPSA) is 27.8 Å². The summed E-state index contributed by atoms with van der Waals surface area (Å²) in [4.78, 5) is 4.38. The number of anilines is 1. The fourth-order valence-corrected chi connectivity index (χ4v) is 2.34. The molecule has 84 valence electrons. The number of nitrogens with one attached hydrogen (secondary N) is 2. The number of hydrogen-bond donors (Lipinski definition) is 2.